The molecule has 4 rings (SSSR count). The number of aromatic nitrogens is 3. The first-order valence-electron chi connectivity index (χ1n) is 8.58. The van der Waals surface area contributed by atoms with Gasteiger partial charge >= 0.3 is 0 Å². The van der Waals surface area contributed by atoms with Gasteiger partial charge in [0.15, 0.2) is 6.61 Å². The predicted octanol–water partition coefficient (Wildman–Crippen LogP) is 4.39. The van der Waals surface area contributed by atoms with Crippen molar-refractivity contribution in [3.8, 4) is 17.1 Å². The van der Waals surface area contributed by atoms with Gasteiger partial charge < -0.3 is 9.26 Å². The number of pyridine rings is 1. The van der Waals surface area contributed by atoms with Gasteiger partial charge in [0.1, 0.15) is 5.75 Å². The summed E-state index contributed by atoms with van der Waals surface area (Å²) < 4.78 is 10.9. The molecule has 0 radical (unpaired) electrons. The number of hydrogen-bond acceptors (Lipinski definition) is 7. The van der Waals surface area contributed by atoms with Crippen LogP contribution < -0.4 is 4.74 Å². The van der Waals surface area contributed by atoms with Crippen LogP contribution in [-0.2, 0) is 6.61 Å². The molecule has 0 saturated carbocycles. The van der Waals surface area contributed by atoms with Crippen LogP contribution in [0.3, 0.4) is 0 Å². The van der Waals surface area contributed by atoms with Gasteiger partial charge in [-0.3, -0.25) is 15.1 Å². The average molecular weight is 376 g/mol. The van der Waals surface area contributed by atoms with Gasteiger partial charge in [-0.2, -0.15) is 4.98 Å². The summed E-state index contributed by atoms with van der Waals surface area (Å²) in [5, 5.41) is 15.9. The van der Waals surface area contributed by atoms with Crippen LogP contribution in [0.1, 0.15) is 17.1 Å². The third-order valence-corrected chi connectivity index (χ3v) is 4.28. The molecule has 0 bridgehead atoms. The molecule has 0 aliphatic rings. The van der Waals surface area contributed by atoms with Crippen LogP contribution in [0.5, 0.6) is 5.75 Å². The fourth-order valence-corrected chi connectivity index (χ4v) is 2.98. The van der Waals surface area contributed by atoms with E-state index in [9.17, 15) is 10.1 Å². The smallest absolute Gasteiger partial charge is 0.272 e. The molecule has 2 aromatic heterocycles. The van der Waals surface area contributed by atoms with Gasteiger partial charge in [0.2, 0.25) is 5.82 Å². The molecule has 4 aromatic rings. The lowest BCUT2D eigenvalue weighted by Gasteiger charge is -2.04. The molecule has 8 nitrogen and oxygen atoms in total. The molecule has 0 spiro atoms. The lowest BCUT2D eigenvalue weighted by atomic mass is 10.1. The number of ether oxygens (including phenoxy) is 1. The van der Waals surface area contributed by atoms with Crippen molar-refractivity contribution in [2.75, 3.05) is 0 Å². The number of nitrogens with zero attached hydrogens (tertiary/aromatic N) is 4. The number of nitro benzene ring substituents is 1. The molecule has 0 unspecified atom stereocenters. The first-order chi connectivity index (χ1) is 13.5. The van der Waals surface area contributed by atoms with Crippen LogP contribution in [0.25, 0.3) is 22.3 Å². The van der Waals surface area contributed by atoms with Gasteiger partial charge in [-0.15, -0.1) is 0 Å². The van der Waals surface area contributed by atoms with Crippen molar-refractivity contribution >= 4 is 16.6 Å². The number of rotatable bonds is 5. The highest BCUT2D eigenvalue weighted by atomic mass is 16.6. The normalized spacial score (nSPS) is 10.9. The van der Waals surface area contributed by atoms with Crippen LogP contribution in [0.2, 0.25) is 0 Å². The number of benzene rings is 2. The molecule has 0 saturated heterocycles. The maximum atomic E-state index is 10.9. The summed E-state index contributed by atoms with van der Waals surface area (Å²) in [6.45, 7) is 3.63. The molecular weight excluding hydrogens is 360 g/mol. The van der Waals surface area contributed by atoms with E-state index in [-0.39, 0.29) is 12.3 Å². The Morgan fingerprint density at radius 1 is 1.11 bits per heavy atom. The summed E-state index contributed by atoms with van der Waals surface area (Å²) in [7, 11) is 0. The Balaban J connectivity index is 1.56. The third kappa shape index (κ3) is 3.39. The predicted molar refractivity (Wildman–Crippen MR) is 102 cm³/mol. The molecule has 0 amide bonds. The number of hydrogen-bond donors (Lipinski definition) is 0. The number of nitro groups is 1. The molecule has 140 valence electrons. The van der Waals surface area contributed by atoms with Crippen LogP contribution in [0.4, 0.5) is 5.69 Å². The van der Waals surface area contributed by atoms with Crippen molar-refractivity contribution in [2.45, 2.75) is 20.5 Å². The minimum Gasteiger partial charge on any atom is -0.484 e. The summed E-state index contributed by atoms with van der Waals surface area (Å²) in [6.07, 6.45) is 0. The number of fused-ring (bicyclic) bond motifs is 1. The molecule has 0 N–H and O–H groups in total. The van der Waals surface area contributed by atoms with Gasteiger partial charge in [0, 0.05) is 28.3 Å². The van der Waals surface area contributed by atoms with E-state index in [0.29, 0.717) is 23.0 Å². The Bertz CT molecular complexity index is 1190. The standard InChI is InChI=1S/C20H16N4O4/c1-12-9-14(7-8-18(12)24(25)26)27-11-19-22-20(23-28-19)16-10-13(2)21-17-6-4-3-5-15(16)17/h3-10H,11H2,1-2H3. The highest BCUT2D eigenvalue weighted by molar-refractivity contribution is 5.92. The Labute approximate surface area is 159 Å². The molecule has 0 atom stereocenters. The van der Waals surface area contributed by atoms with E-state index in [1.807, 2.05) is 37.3 Å². The Hall–Kier alpha value is -3.81. The lowest BCUT2D eigenvalue weighted by Crippen LogP contribution is -1.98. The van der Waals surface area contributed by atoms with Crippen molar-refractivity contribution < 1.29 is 14.2 Å². The van der Waals surface area contributed by atoms with E-state index in [1.54, 1.807) is 19.1 Å². The highest BCUT2D eigenvalue weighted by Gasteiger charge is 2.15. The first kappa shape index (κ1) is 17.6. The van der Waals surface area contributed by atoms with E-state index in [0.717, 1.165) is 22.2 Å². The molecular formula is C20H16N4O4. The summed E-state index contributed by atoms with van der Waals surface area (Å²) >= 11 is 0. The minimum atomic E-state index is -0.426. The monoisotopic (exact) mass is 376 g/mol. The van der Waals surface area contributed by atoms with Gasteiger partial charge in [-0.25, -0.2) is 0 Å². The van der Waals surface area contributed by atoms with Crippen molar-refractivity contribution in [3.63, 3.8) is 0 Å². The first-order valence-corrected chi connectivity index (χ1v) is 8.58. The van der Waals surface area contributed by atoms with E-state index in [2.05, 4.69) is 15.1 Å². The molecule has 28 heavy (non-hydrogen) atoms. The fourth-order valence-electron chi connectivity index (χ4n) is 2.98. The number of para-hydroxylation sites is 1. The summed E-state index contributed by atoms with van der Waals surface area (Å²) in [4.78, 5) is 19.4. The summed E-state index contributed by atoms with van der Waals surface area (Å²) in [6, 6.07) is 14.2. The second-order valence-corrected chi connectivity index (χ2v) is 6.33. The van der Waals surface area contributed by atoms with Crippen LogP contribution >= 0.6 is 0 Å². The maximum absolute atomic E-state index is 10.9. The van der Waals surface area contributed by atoms with E-state index in [1.165, 1.54) is 6.07 Å². The molecule has 0 aliphatic heterocycles. The largest absolute Gasteiger partial charge is 0.484 e. The van der Waals surface area contributed by atoms with Crippen molar-refractivity contribution in [1.29, 1.82) is 0 Å². The second-order valence-electron chi connectivity index (χ2n) is 6.33. The van der Waals surface area contributed by atoms with Crippen LogP contribution in [0.15, 0.2) is 53.1 Å². The molecule has 2 aromatic carbocycles. The minimum absolute atomic E-state index is 0.0485. The van der Waals surface area contributed by atoms with Gasteiger partial charge in [0.25, 0.3) is 11.6 Å². The van der Waals surface area contributed by atoms with Crippen LogP contribution in [0, 0.1) is 24.0 Å². The SMILES string of the molecule is Cc1cc(-c2noc(COc3ccc([N+](=O)[O-])c(C)c3)n2)c2ccccc2n1. The zero-order chi connectivity index (χ0) is 19.7. The topological polar surface area (TPSA) is 104 Å². The van der Waals surface area contributed by atoms with Gasteiger partial charge in [-0.1, -0.05) is 23.4 Å². The van der Waals surface area contributed by atoms with Crippen molar-refractivity contribution in [3.05, 3.63) is 75.8 Å². The second kappa shape index (κ2) is 7.07. The highest BCUT2D eigenvalue weighted by Crippen LogP contribution is 2.27. The van der Waals surface area contributed by atoms with E-state index < -0.39 is 4.92 Å². The maximum Gasteiger partial charge on any atom is 0.272 e. The van der Waals surface area contributed by atoms with Crippen LogP contribution in [-0.4, -0.2) is 20.0 Å². The van der Waals surface area contributed by atoms with E-state index in [4.69, 9.17) is 9.26 Å². The molecule has 2 heterocycles. The fraction of sp³-hybridized carbons (Fsp3) is 0.150. The Kier molecular flexibility index (Phi) is 4.44. The molecule has 0 fully saturated rings. The van der Waals surface area contributed by atoms with Gasteiger partial charge in [-0.05, 0) is 38.1 Å². The molecule has 0 aliphatic carbocycles. The lowest BCUT2D eigenvalue weighted by molar-refractivity contribution is -0.385. The Morgan fingerprint density at radius 2 is 1.93 bits per heavy atom. The third-order valence-electron chi connectivity index (χ3n) is 4.28. The van der Waals surface area contributed by atoms with Gasteiger partial charge in [0.05, 0.1) is 10.4 Å². The summed E-state index contributed by atoms with van der Waals surface area (Å²) in [5.41, 5.74) is 3.13. The Morgan fingerprint density at radius 3 is 2.71 bits per heavy atom. The van der Waals surface area contributed by atoms with Crippen molar-refractivity contribution in [2.24, 2.45) is 0 Å². The zero-order valence-electron chi connectivity index (χ0n) is 15.2. The molecule has 8 heteroatoms. The number of aryl methyl sites for hydroxylation is 2. The van der Waals surface area contributed by atoms with Crippen molar-refractivity contribution in [1.82, 2.24) is 15.1 Å². The zero-order valence-corrected chi connectivity index (χ0v) is 15.2. The average Bonchev–Trinajstić information content (AvgIpc) is 3.14. The quantitative estimate of drug-likeness (QED) is 0.376. The summed E-state index contributed by atoms with van der Waals surface area (Å²) in [5.74, 6) is 1.26. The van der Waals surface area contributed by atoms with E-state index >= 15 is 0 Å².